The van der Waals surface area contributed by atoms with Crippen molar-refractivity contribution in [2.24, 2.45) is 0 Å². The van der Waals surface area contributed by atoms with Crippen molar-refractivity contribution < 1.29 is 4.79 Å². The maximum atomic E-state index is 11.9. The summed E-state index contributed by atoms with van der Waals surface area (Å²) in [5, 5.41) is 14.9. The third kappa shape index (κ3) is 4.00. The Kier molecular flexibility index (Phi) is 4.49. The Morgan fingerprint density at radius 2 is 2.00 bits per heavy atom. The standard InChI is InChI=1S/C12H13BrN4OS/c1-7(14-10-5-3-9(13)4-6-10)11(18)15-12-17-16-8(2)19-12/h3-7,14H,1-2H3,(H,15,17,18)/t7-/m1/s1. The lowest BCUT2D eigenvalue weighted by molar-refractivity contribution is -0.116. The van der Waals surface area contributed by atoms with E-state index in [1.807, 2.05) is 31.2 Å². The Hall–Kier alpha value is -1.47. The van der Waals surface area contributed by atoms with Crippen LogP contribution < -0.4 is 10.6 Å². The number of carbonyl (C=O) groups is 1. The van der Waals surface area contributed by atoms with Gasteiger partial charge in [0.25, 0.3) is 0 Å². The van der Waals surface area contributed by atoms with Crippen molar-refractivity contribution in [3.8, 4) is 0 Å². The smallest absolute Gasteiger partial charge is 0.248 e. The average Bonchev–Trinajstić information content (AvgIpc) is 2.77. The quantitative estimate of drug-likeness (QED) is 0.897. The predicted molar refractivity (Wildman–Crippen MR) is 80.5 cm³/mol. The molecule has 1 atom stereocenters. The molecule has 2 rings (SSSR count). The highest BCUT2D eigenvalue weighted by Crippen LogP contribution is 2.16. The minimum absolute atomic E-state index is 0.140. The predicted octanol–water partition coefficient (Wildman–Crippen LogP) is 3.05. The Labute approximate surface area is 123 Å². The second kappa shape index (κ2) is 6.12. The average molecular weight is 341 g/mol. The molecule has 1 heterocycles. The number of aromatic nitrogens is 2. The van der Waals surface area contributed by atoms with Crippen molar-refractivity contribution in [1.82, 2.24) is 10.2 Å². The molecule has 0 saturated carbocycles. The summed E-state index contributed by atoms with van der Waals surface area (Å²) >= 11 is 4.72. The highest BCUT2D eigenvalue weighted by molar-refractivity contribution is 9.10. The van der Waals surface area contributed by atoms with Crippen LogP contribution in [0.2, 0.25) is 0 Å². The zero-order chi connectivity index (χ0) is 13.8. The van der Waals surface area contributed by atoms with Crippen LogP contribution in [0.3, 0.4) is 0 Å². The molecule has 100 valence electrons. The second-order valence-electron chi connectivity index (χ2n) is 3.99. The van der Waals surface area contributed by atoms with E-state index in [1.165, 1.54) is 11.3 Å². The first-order valence-corrected chi connectivity index (χ1v) is 7.28. The summed E-state index contributed by atoms with van der Waals surface area (Å²) in [7, 11) is 0. The largest absolute Gasteiger partial charge is 0.374 e. The number of carbonyl (C=O) groups excluding carboxylic acids is 1. The van der Waals surface area contributed by atoms with Gasteiger partial charge in [0.05, 0.1) is 0 Å². The fourth-order valence-corrected chi connectivity index (χ4v) is 2.28. The number of halogens is 1. The molecule has 0 fully saturated rings. The minimum Gasteiger partial charge on any atom is -0.374 e. The monoisotopic (exact) mass is 340 g/mol. The molecule has 0 saturated heterocycles. The molecule has 7 heteroatoms. The number of amides is 1. The molecule has 0 radical (unpaired) electrons. The Balaban J connectivity index is 1.94. The van der Waals surface area contributed by atoms with Crippen molar-refractivity contribution in [3.63, 3.8) is 0 Å². The van der Waals surface area contributed by atoms with Crippen molar-refractivity contribution in [1.29, 1.82) is 0 Å². The summed E-state index contributed by atoms with van der Waals surface area (Å²) in [5.74, 6) is -0.140. The number of nitrogens with zero attached hydrogens (tertiary/aromatic N) is 2. The summed E-state index contributed by atoms with van der Waals surface area (Å²) in [6, 6.07) is 7.29. The number of anilines is 2. The van der Waals surface area contributed by atoms with Crippen LogP contribution in [0.25, 0.3) is 0 Å². The van der Waals surface area contributed by atoms with Crippen LogP contribution >= 0.6 is 27.3 Å². The Morgan fingerprint density at radius 3 is 2.58 bits per heavy atom. The number of aryl methyl sites for hydroxylation is 1. The molecule has 2 aromatic rings. The van der Waals surface area contributed by atoms with Crippen molar-refractivity contribution >= 4 is 44.0 Å². The van der Waals surface area contributed by atoms with Gasteiger partial charge in [-0.3, -0.25) is 10.1 Å². The van der Waals surface area contributed by atoms with Crippen molar-refractivity contribution in [2.45, 2.75) is 19.9 Å². The molecule has 0 aliphatic heterocycles. The van der Waals surface area contributed by atoms with Gasteiger partial charge < -0.3 is 5.32 Å². The molecule has 0 aliphatic carbocycles. The highest BCUT2D eigenvalue weighted by atomic mass is 79.9. The van der Waals surface area contributed by atoms with Gasteiger partial charge in [-0.15, -0.1) is 10.2 Å². The number of benzene rings is 1. The number of hydrogen-bond acceptors (Lipinski definition) is 5. The van der Waals surface area contributed by atoms with E-state index < -0.39 is 0 Å². The first kappa shape index (κ1) is 14.0. The lowest BCUT2D eigenvalue weighted by Gasteiger charge is -2.14. The molecule has 2 N–H and O–H groups in total. The zero-order valence-electron chi connectivity index (χ0n) is 10.5. The van der Waals surface area contributed by atoms with E-state index in [-0.39, 0.29) is 11.9 Å². The van der Waals surface area contributed by atoms with Crippen molar-refractivity contribution in [3.05, 3.63) is 33.7 Å². The van der Waals surface area contributed by atoms with Crippen LogP contribution in [-0.2, 0) is 4.79 Å². The summed E-state index contributed by atoms with van der Waals surface area (Å²) in [6.07, 6.45) is 0. The van der Waals surface area contributed by atoms with Gasteiger partial charge in [-0.25, -0.2) is 0 Å². The Morgan fingerprint density at radius 1 is 1.32 bits per heavy atom. The van der Waals surface area contributed by atoms with Gasteiger partial charge >= 0.3 is 0 Å². The van der Waals surface area contributed by atoms with Gasteiger partial charge in [-0.1, -0.05) is 27.3 Å². The maximum Gasteiger partial charge on any atom is 0.248 e. The van der Waals surface area contributed by atoms with Crippen LogP contribution in [0.15, 0.2) is 28.7 Å². The van der Waals surface area contributed by atoms with E-state index >= 15 is 0 Å². The highest BCUT2D eigenvalue weighted by Gasteiger charge is 2.14. The zero-order valence-corrected chi connectivity index (χ0v) is 12.9. The molecule has 5 nitrogen and oxygen atoms in total. The van der Waals surface area contributed by atoms with Crippen LogP contribution in [0, 0.1) is 6.92 Å². The molecule has 0 bridgehead atoms. The third-order valence-electron chi connectivity index (χ3n) is 2.38. The maximum absolute atomic E-state index is 11.9. The second-order valence-corrected chi connectivity index (χ2v) is 6.09. The van der Waals surface area contributed by atoms with Crippen LogP contribution in [-0.4, -0.2) is 22.1 Å². The summed E-state index contributed by atoms with van der Waals surface area (Å²) in [6.45, 7) is 3.64. The van der Waals surface area contributed by atoms with Gasteiger partial charge in [0.1, 0.15) is 11.0 Å². The number of nitrogens with one attached hydrogen (secondary N) is 2. The lowest BCUT2D eigenvalue weighted by atomic mass is 10.2. The summed E-state index contributed by atoms with van der Waals surface area (Å²) < 4.78 is 1.000. The minimum atomic E-state index is -0.356. The number of rotatable bonds is 4. The topological polar surface area (TPSA) is 66.9 Å². The molecule has 19 heavy (non-hydrogen) atoms. The SMILES string of the molecule is Cc1nnc(NC(=O)[C@@H](C)Nc2ccc(Br)cc2)s1. The van der Waals surface area contributed by atoms with Crippen LogP contribution in [0.5, 0.6) is 0 Å². The van der Waals surface area contributed by atoms with Gasteiger partial charge in [-0.05, 0) is 38.1 Å². The first-order valence-electron chi connectivity index (χ1n) is 5.67. The Bertz CT molecular complexity index is 569. The molecule has 1 amide bonds. The summed E-state index contributed by atoms with van der Waals surface area (Å²) in [4.78, 5) is 11.9. The van der Waals surface area contributed by atoms with E-state index in [9.17, 15) is 4.79 Å². The van der Waals surface area contributed by atoms with Crippen molar-refractivity contribution in [2.75, 3.05) is 10.6 Å². The van der Waals surface area contributed by atoms with E-state index in [0.29, 0.717) is 5.13 Å². The fraction of sp³-hybridized carbons (Fsp3) is 0.250. The van der Waals surface area contributed by atoms with Gasteiger partial charge in [0.15, 0.2) is 0 Å². The normalized spacial score (nSPS) is 11.9. The van der Waals surface area contributed by atoms with Crippen LogP contribution in [0.1, 0.15) is 11.9 Å². The molecule has 0 spiro atoms. The van der Waals surface area contributed by atoms with E-state index in [4.69, 9.17) is 0 Å². The van der Waals surface area contributed by atoms with E-state index in [0.717, 1.165) is 15.2 Å². The van der Waals surface area contributed by atoms with E-state index in [1.54, 1.807) is 6.92 Å². The molecule has 0 aliphatic rings. The molecule has 1 aromatic carbocycles. The van der Waals surface area contributed by atoms with Gasteiger partial charge in [0.2, 0.25) is 11.0 Å². The number of hydrogen-bond donors (Lipinski definition) is 2. The summed E-state index contributed by atoms with van der Waals surface area (Å²) in [5.41, 5.74) is 0.888. The molecular weight excluding hydrogens is 328 g/mol. The van der Waals surface area contributed by atoms with Gasteiger partial charge in [-0.2, -0.15) is 0 Å². The first-order chi connectivity index (χ1) is 9.04. The molecular formula is C12H13BrN4OS. The third-order valence-corrected chi connectivity index (χ3v) is 3.66. The van der Waals surface area contributed by atoms with Gasteiger partial charge in [0, 0.05) is 10.2 Å². The molecule has 0 unspecified atom stereocenters. The molecule has 1 aromatic heterocycles. The fourth-order valence-electron chi connectivity index (χ4n) is 1.42. The van der Waals surface area contributed by atoms with Crippen LogP contribution in [0.4, 0.5) is 10.8 Å². The van der Waals surface area contributed by atoms with E-state index in [2.05, 4.69) is 36.8 Å². The lowest BCUT2D eigenvalue weighted by Crippen LogP contribution is -2.31.